The molecule has 2 atom stereocenters. The zero-order valence-corrected chi connectivity index (χ0v) is 13.4. The Hall–Kier alpha value is -0.520. The maximum absolute atomic E-state index is 9.87. The summed E-state index contributed by atoms with van der Waals surface area (Å²) in [6.45, 7) is 5.80. The molecule has 0 radical (unpaired) electrons. The molecule has 1 aromatic carbocycles. The highest BCUT2D eigenvalue weighted by Gasteiger charge is 2.24. The lowest BCUT2D eigenvalue weighted by molar-refractivity contribution is 0.0648. The molecule has 0 saturated heterocycles. The van der Waals surface area contributed by atoms with Crippen LogP contribution in [-0.2, 0) is 0 Å². The monoisotopic (exact) mass is 321 g/mol. The lowest BCUT2D eigenvalue weighted by Gasteiger charge is -2.30. The number of aliphatic hydroxyl groups excluding tert-OH is 2. The van der Waals surface area contributed by atoms with Crippen molar-refractivity contribution < 1.29 is 14.9 Å². The zero-order valence-electron chi connectivity index (χ0n) is 11.9. The quantitative estimate of drug-likeness (QED) is 0.722. The van der Waals surface area contributed by atoms with Crippen LogP contribution < -0.4 is 10.1 Å². The Morgan fingerprint density at radius 3 is 2.55 bits per heavy atom. The molecule has 3 N–H and O–H groups in total. The van der Waals surface area contributed by atoms with Crippen molar-refractivity contribution in [1.82, 2.24) is 5.32 Å². The number of hydrogen-bond donors (Lipinski definition) is 3. The van der Waals surface area contributed by atoms with Crippen molar-refractivity contribution in [1.29, 1.82) is 0 Å². The van der Waals surface area contributed by atoms with Gasteiger partial charge in [-0.2, -0.15) is 0 Å². The van der Waals surface area contributed by atoms with Crippen LogP contribution in [0.15, 0.2) is 18.2 Å². The minimum Gasteiger partial charge on any atom is -0.489 e. The highest BCUT2D eigenvalue weighted by atomic mass is 35.5. The van der Waals surface area contributed by atoms with Crippen molar-refractivity contribution in [2.45, 2.75) is 38.5 Å². The average molecular weight is 322 g/mol. The van der Waals surface area contributed by atoms with Gasteiger partial charge in [0.15, 0.2) is 0 Å². The smallest absolute Gasteiger partial charge is 0.139 e. The van der Waals surface area contributed by atoms with Gasteiger partial charge < -0.3 is 20.3 Å². The normalized spacial score (nSPS) is 14.9. The Labute approximate surface area is 129 Å². The van der Waals surface area contributed by atoms with Gasteiger partial charge in [-0.05, 0) is 32.9 Å². The topological polar surface area (TPSA) is 61.7 Å². The van der Waals surface area contributed by atoms with Gasteiger partial charge in [0, 0.05) is 23.2 Å². The summed E-state index contributed by atoms with van der Waals surface area (Å²) < 4.78 is 5.44. The summed E-state index contributed by atoms with van der Waals surface area (Å²) in [5.74, 6) is 0.438. The molecule has 1 rings (SSSR count). The van der Waals surface area contributed by atoms with Gasteiger partial charge in [-0.1, -0.05) is 23.2 Å². The molecule has 0 heterocycles. The summed E-state index contributed by atoms with van der Waals surface area (Å²) in [7, 11) is 0. The van der Waals surface area contributed by atoms with E-state index in [9.17, 15) is 10.2 Å². The number of rotatable bonds is 7. The first-order valence-electron chi connectivity index (χ1n) is 6.41. The molecule has 0 amide bonds. The number of aliphatic hydroxyl groups is 2. The fourth-order valence-corrected chi connectivity index (χ4v) is 1.70. The summed E-state index contributed by atoms with van der Waals surface area (Å²) in [6, 6.07) is 4.91. The standard InChI is InChI=1S/C14H21Cl2NO3/c1-9(18)14(2,3)17-7-11(19)8-20-13-6-10(15)4-5-12(13)16/h4-6,9,11,17-19H,7-8H2,1-3H3. The maximum atomic E-state index is 9.87. The summed E-state index contributed by atoms with van der Waals surface area (Å²) in [5, 5.41) is 23.5. The molecular weight excluding hydrogens is 301 g/mol. The maximum Gasteiger partial charge on any atom is 0.139 e. The minimum atomic E-state index is -0.719. The van der Waals surface area contributed by atoms with Crippen LogP contribution in [-0.4, -0.2) is 41.1 Å². The summed E-state index contributed by atoms with van der Waals surface area (Å²) in [5.41, 5.74) is -0.477. The van der Waals surface area contributed by atoms with Crippen molar-refractivity contribution in [2.75, 3.05) is 13.2 Å². The van der Waals surface area contributed by atoms with Crippen molar-refractivity contribution in [3.05, 3.63) is 28.2 Å². The molecule has 0 aromatic heterocycles. The van der Waals surface area contributed by atoms with Crippen LogP contribution in [0.1, 0.15) is 20.8 Å². The second-order valence-electron chi connectivity index (χ2n) is 5.32. The second-order valence-corrected chi connectivity index (χ2v) is 6.16. The van der Waals surface area contributed by atoms with Crippen LogP contribution in [0.3, 0.4) is 0 Å². The molecule has 0 saturated carbocycles. The van der Waals surface area contributed by atoms with Crippen LogP contribution in [0.4, 0.5) is 0 Å². The van der Waals surface area contributed by atoms with Crippen LogP contribution in [0.25, 0.3) is 0 Å². The molecule has 0 bridgehead atoms. The minimum absolute atomic E-state index is 0.0863. The molecule has 1 aromatic rings. The fourth-order valence-electron chi connectivity index (χ4n) is 1.36. The number of halogens is 2. The summed E-state index contributed by atoms with van der Waals surface area (Å²) in [6.07, 6.45) is -1.25. The van der Waals surface area contributed by atoms with E-state index in [0.717, 1.165) is 0 Å². The Kier molecular flexibility index (Phi) is 6.55. The van der Waals surface area contributed by atoms with Crippen LogP contribution in [0.2, 0.25) is 10.0 Å². The van der Waals surface area contributed by atoms with Gasteiger partial charge in [-0.25, -0.2) is 0 Å². The van der Waals surface area contributed by atoms with Crippen molar-refractivity contribution in [2.24, 2.45) is 0 Å². The number of ether oxygens (including phenoxy) is 1. The van der Waals surface area contributed by atoms with Gasteiger partial charge in [0.2, 0.25) is 0 Å². The van der Waals surface area contributed by atoms with E-state index in [4.69, 9.17) is 27.9 Å². The molecule has 6 heteroatoms. The highest BCUT2D eigenvalue weighted by Crippen LogP contribution is 2.27. The third-order valence-electron chi connectivity index (χ3n) is 3.16. The lowest BCUT2D eigenvalue weighted by atomic mass is 9.99. The molecule has 0 fully saturated rings. The van der Waals surface area contributed by atoms with Gasteiger partial charge in [0.25, 0.3) is 0 Å². The van der Waals surface area contributed by atoms with E-state index in [-0.39, 0.29) is 6.61 Å². The van der Waals surface area contributed by atoms with Gasteiger partial charge in [0.05, 0.1) is 11.1 Å². The van der Waals surface area contributed by atoms with E-state index in [1.807, 2.05) is 13.8 Å². The third kappa shape index (κ3) is 5.46. The first-order valence-corrected chi connectivity index (χ1v) is 7.17. The molecule has 114 valence electrons. The fraction of sp³-hybridized carbons (Fsp3) is 0.571. The van der Waals surface area contributed by atoms with Gasteiger partial charge in [0.1, 0.15) is 18.5 Å². The van der Waals surface area contributed by atoms with Crippen LogP contribution >= 0.6 is 23.2 Å². The van der Waals surface area contributed by atoms with E-state index < -0.39 is 17.7 Å². The van der Waals surface area contributed by atoms with Gasteiger partial charge >= 0.3 is 0 Å². The largest absolute Gasteiger partial charge is 0.489 e. The molecule has 20 heavy (non-hydrogen) atoms. The lowest BCUT2D eigenvalue weighted by Crippen LogP contribution is -2.51. The van der Waals surface area contributed by atoms with E-state index in [2.05, 4.69) is 5.32 Å². The Bertz CT molecular complexity index is 438. The average Bonchev–Trinajstić information content (AvgIpc) is 2.37. The molecule has 4 nitrogen and oxygen atoms in total. The summed E-state index contributed by atoms with van der Waals surface area (Å²) >= 11 is 11.8. The molecule has 0 aliphatic rings. The molecule has 0 aliphatic carbocycles. The van der Waals surface area contributed by atoms with E-state index in [1.165, 1.54) is 0 Å². The summed E-state index contributed by atoms with van der Waals surface area (Å²) in [4.78, 5) is 0. The van der Waals surface area contributed by atoms with E-state index in [0.29, 0.717) is 22.3 Å². The first kappa shape index (κ1) is 17.5. The van der Waals surface area contributed by atoms with E-state index in [1.54, 1.807) is 25.1 Å². The second kappa shape index (κ2) is 7.48. The number of hydrogen-bond acceptors (Lipinski definition) is 4. The van der Waals surface area contributed by atoms with Crippen LogP contribution in [0, 0.1) is 0 Å². The van der Waals surface area contributed by atoms with Crippen molar-refractivity contribution in [3.8, 4) is 5.75 Å². The molecule has 2 unspecified atom stereocenters. The van der Waals surface area contributed by atoms with Crippen molar-refractivity contribution >= 4 is 23.2 Å². The SMILES string of the molecule is CC(O)C(C)(C)NCC(O)COc1cc(Cl)ccc1Cl. The van der Waals surface area contributed by atoms with Crippen molar-refractivity contribution in [3.63, 3.8) is 0 Å². The Balaban J connectivity index is 2.44. The third-order valence-corrected chi connectivity index (χ3v) is 3.71. The van der Waals surface area contributed by atoms with Gasteiger partial charge in [-0.15, -0.1) is 0 Å². The Morgan fingerprint density at radius 1 is 1.30 bits per heavy atom. The van der Waals surface area contributed by atoms with Gasteiger partial charge in [-0.3, -0.25) is 0 Å². The molecular formula is C14H21Cl2NO3. The highest BCUT2D eigenvalue weighted by molar-refractivity contribution is 6.34. The number of nitrogens with one attached hydrogen (secondary N) is 1. The predicted octanol–water partition coefficient (Wildman–Crippen LogP) is 2.48. The Morgan fingerprint density at radius 2 is 1.95 bits per heavy atom. The predicted molar refractivity (Wildman–Crippen MR) is 81.7 cm³/mol. The number of benzene rings is 1. The molecule has 0 aliphatic heterocycles. The van der Waals surface area contributed by atoms with Crippen LogP contribution in [0.5, 0.6) is 5.75 Å². The molecule has 0 spiro atoms. The zero-order chi connectivity index (χ0) is 15.3. The van der Waals surface area contributed by atoms with E-state index >= 15 is 0 Å². The first-order chi connectivity index (χ1) is 9.22. The number of β-amino-alcohol motifs (C(OH)–C–C–N with tert-alkyl or cyclic N) is 1.